The third-order valence-electron chi connectivity index (χ3n) is 5.25. The number of rotatable bonds is 3. The molecule has 5 rings (SSSR count). The number of carbonyl (C=O) groups excluding carboxylic acids is 1. The van der Waals surface area contributed by atoms with Gasteiger partial charge in [-0.1, -0.05) is 0 Å². The van der Waals surface area contributed by atoms with Crippen LogP contribution in [0.3, 0.4) is 0 Å². The first-order valence-electron chi connectivity index (χ1n) is 9.23. The Morgan fingerprint density at radius 2 is 1.92 bits per heavy atom. The second-order valence-electron chi connectivity index (χ2n) is 7.10. The first kappa shape index (κ1) is 15.4. The number of aromatic nitrogens is 5. The van der Waals surface area contributed by atoms with E-state index < -0.39 is 0 Å². The van der Waals surface area contributed by atoms with Crippen LogP contribution in [0, 0.1) is 0 Å². The van der Waals surface area contributed by atoms with Crippen LogP contribution in [0.2, 0.25) is 0 Å². The first-order valence-corrected chi connectivity index (χ1v) is 9.23. The summed E-state index contributed by atoms with van der Waals surface area (Å²) in [7, 11) is 0. The van der Waals surface area contributed by atoms with E-state index in [2.05, 4.69) is 15.1 Å². The van der Waals surface area contributed by atoms with E-state index in [1.54, 1.807) is 23.1 Å². The summed E-state index contributed by atoms with van der Waals surface area (Å²) in [6, 6.07) is 3.82. The van der Waals surface area contributed by atoms with Gasteiger partial charge in [0.05, 0.1) is 23.5 Å². The minimum absolute atomic E-state index is 0.00720. The first-order chi connectivity index (χ1) is 12.8. The molecule has 1 aliphatic heterocycles. The molecule has 2 fully saturated rings. The van der Waals surface area contributed by atoms with Crippen molar-refractivity contribution in [1.29, 1.82) is 0 Å². The summed E-state index contributed by atoms with van der Waals surface area (Å²) in [4.78, 5) is 28.5. The molecule has 3 aromatic heterocycles. The van der Waals surface area contributed by atoms with Crippen LogP contribution in [-0.4, -0.2) is 41.9 Å². The van der Waals surface area contributed by atoms with E-state index in [-0.39, 0.29) is 11.9 Å². The van der Waals surface area contributed by atoms with Gasteiger partial charge in [0.25, 0.3) is 5.91 Å². The highest BCUT2D eigenvalue weighted by atomic mass is 16.2. The van der Waals surface area contributed by atoms with Crippen molar-refractivity contribution in [2.75, 3.05) is 6.54 Å². The Morgan fingerprint density at radius 1 is 1.08 bits per heavy atom. The average Bonchev–Trinajstić information content (AvgIpc) is 3.44. The molecule has 1 unspecified atom stereocenters. The maximum absolute atomic E-state index is 13.1. The molecule has 1 amide bonds. The van der Waals surface area contributed by atoms with E-state index in [1.807, 2.05) is 23.2 Å². The number of nitrogens with zero attached hydrogens (tertiary/aromatic N) is 6. The van der Waals surface area contributed by atoms with E-state index >= 15 is 0 Å². The smallest absolute Gasteiger partial charge is 0.257 e. The molecular weight excluding hydrogens is 328 g/mol. The Hall–Kier alpha value is -2.83. The quantitative estimate of drug-likeness (QED) is 0.727. The van der Waals surface area contributed by atoms with E-state index in [1.165, 1.54) is 0 Å². The lowest BCUT2D eigenvalue weighted by Gasteiger charge is -2.35. The lowest BCUT2D eigenvalue weighted by molar-refractivity contribution is 0.0605. The number of carbonyl (C=O) groups is 1. The number of hydrogen-bond donors (Lipinski definition) is 0. The Bertz CT molecular complexity index is 946. The third kappa shape index (κ3) is 2.73. The number of hydrogen-bond acceptors (Lipinski definition) is 5. The van der Waals surface area contributed by atoms with Gasteiger partial charge < -0.3 is 4.90 Å². The molecule has 2 aliphatic rings. The van der Waals surface area contributed by atoms with Crippen LogP contribution in [0.1, 0.15) is 65.9 Å². The van der Waals surface area contributed by atoms with Gasteiger partial charge in [0.1, 0.15) is 5.82 Å². The van der Waals surface area contributed by atoms with Gasteiger partial charge in [-0.2, -0.15) is 5.10 Å². The lowest BCUT2D eigenvalue weighted by Crippen LogP contribution is -2.39. The second-order valence-corrected chi connectivity index (χ2v) is 7.10. The minimum atomic E-state index is -0.0146. The summed E-state index contributed by atoms with van der Waals surface area (Å²) in [5.74, 6) is 1.35. The van der Waals surface area contributed by atoms with Crippen LogP contribution in [-0.2, 0) is 0 Å². The fourth-order valence-electron chi connectivity index (χ4n) is 3.66. The van der Waals surface area contributed by atoms with E-state index in [0.717, 1.165) is 55.8 Å². The highest BCUT2D eigenvalue weighted by molar-refractivity contribution is 5.94. The average molecular weight is 348 g/mol. The van der Waals surface area contributed by atoms with Crippen molar-refractivity contribution in [2.24, 2.45) is 0 Å². The van der Waals surface area contributed by atoms with Crippen molar-refractivity contribution >= 4 is 11.6 Å². The monoisotopic (exact) mass is 348 g/mol. The van der Waals surface area contributed by atoms with Gasteiger partial charge in [-0.15, -0.1) is 0 Å². The summed E-state index contributed by atoms with van der Waals surface area (Å²) in [5, 5.41) is 4.19. The molecule has 0 bridgehead atoms. The van der Waals surface area contributed by atoms with Crippen LogP contribution in [0.5, 0.6) is 0 Å². The molecule has 1 saturated carbocycles. The van der Waals surface area contributed by atoms with Crippen molar-refractivity contribution in [2.45, 2.75) is 44.1 Å². The minimum Gasteiger partial charge on any atom is -0.330 e. The highest BCUT2D eigenvalue weighted by Crippen LogP contribution is 2.37. The Labute approximate surface area is 151 Å². The molecule has 7 nitrogen and oxygen atoms in total. The molecule has 1 aliphatic carbocycles. The zero-order valence-electron chi connectivity index (χ0n) is 14.5. The number of amides is 1. The standard InChI is InChI=1S/C19H20N6O/c26-19(14-11-20-18(21-12-14)13-4-5-13)24-9-2-1-3-16(24)15-7-10-25-17(23-15)6-8-22-25/h6-8,10-13,16H,1-5,9H2. The van der Waals surface area contributed by atoms with Crippen LogP contribution in [0.25, 0.3) is 5.65 Å². The van der Waals surface area contributed by atoms with Gasteiger partial charge in [0, 0.05) is 37.1 Å². The summed E-state index contributed by atoms with van der Waals surface area (Å²) >= 11 is 0. The van der Waals surface area contributed by atoms with E-state index in [0.29, 0.717) is 11.5 Å². The molecule has 4 heterocycles. The Balaban J connectivity index is 1.43. The predicted molar refractivity (Wildman–Crippen MR) is 94.6 cm³/mol. The predicted octanol–water partition coefficient (Wildman–Crippen LogP) is 2.76. The van der Waals surface area contributed by atoms with E-state index in [4.69, 9.17) is 4.98 Å². The zero-order chi connectivity index (χ0) is 17.5. The topological polar surface area (TPSA) is 76.3 Å². The summed E-state index contributed by atoms with van der Waals surface area (Å²) in [6.07, 6.45) is 12.3. The largest absolute Gasteiger partial charge is 0.330 e. The molecule has 132 valence electrons. The van der Waals surface area contributed by atoms with Crippen LogP contribution >= 0.6 is 0 Å². The molecule has 0 spiro atoms. The summed E-state index contributed by atoms with van der Waals surface area (Å²) < 4.78 is 1.74. The van der Waals surface area contributed by atoms with E-state index in [9.17, 15) is 4.79 Å². The van der Waals surface area contributed by atoms with Gasteiger partial charge in [0.2, 0.25) is 0 Å². The number of piperidine rings is 1. The molecule has 7 heteroatoms. The maximum atomic E-state index is 13.1. The molecule has 1 saturated heterocycles. The van der Waals surface area contributed by atoms with Crippen LogP contribution in [0.15, 0.2) is 36.9 Å². The van der Waals surface area contributed by atoms with Crippen molar-refractivity contribution < 1.29 is 4.79 Å². The number of fused-ring (bicyclic) bond motifs is 1. The fourth-order valence-corrected chi connectivity index (χ4v) is 3.66. The third-order valence-corrected chi connectivity index (χ3v) is 5.25. The Morgan fingerprint density at radius 3 is 2.73 bits per heavy atom. The van der Waals surface area contributed by atoms with Gasteiger partial charge >= 0.3 is 0 Å². The second kappa shape index (κ2) is 6.16. The molecule has 26 heavy (non-hydrogen) atoms. The van der Waals surface area contributed by atoms with Gasteiger partial charge in [-0.05, 0) is 38.2 Å². The zero-order valence-corrected chi connectivity index (χ0v) is 14.5. The van der Waals surface area contributed by atoms with Crippen LogP contribution < -0.4 is 0 Å². The van der Waals surface area contributed by atoms with Crippen molar-refractivity contribution in [3.05, 3.63) is 54.0 Å². The highest BCUT2D eigenvalue weighted by Gasteiger charge is 2.31. The summed E-state index contributed by atoms with van der Waals surface area (Å²) in [5.41, 5.74) is 2.28. The fraction of sp³-hybridized carbons (Fsp3) is 0.421. The lowest BCUT2D eigenvalue weighted by atomic mass is 9.98. The van der Waals surface area contributed by atoms with Crippen molar-refractivity contribution in [1.82, 2.24) is 29.5 Å². The van der Waals surface area contributed by atoms with Gasteiger partial charge in [-0.25, -0.2) is 19.5 Å². The molecule has 0 aromatic carbocycles. The van der Waals surface area contributed by atoms with Crippen LogP contribution in [0.4, 0.5) is 0 Å². The molecule has 0 N–H and O–H groups in total. The molecule has 1 atom stereocenters. The Kier molecular flexibility index (Phi) is 3.65. The molecular formula is C19H20N6O. The normalized spacial score (nSPS) is 20.5. The number of likely N-dealkylation sites (tertiary alicyclic amines) is 1. The maximum Gasteiger partial charge on any atom is 0.257 e. The van der Waals surface area contributed by atoms with Crippen molar-refractivity contribution in [3.63, 3.8) is 0 Å². The molecule has 0 radical (unpaired) electrons. The van der Waals surface area contributed by atoms with Gasteiger partial charge in [-0.3, -0.25) is 4.79 Å². The molecule has 3 aromatic rings. The summed E-state index contributed by atoms with van der Waals surface area (Å²) in [6.45, 7) is 0.736. The van der Waals surface area contributed by atoms with Gasteiger partial charge in [0.15, 0.2) is 5.65 Å². The SMILES string of the molecule is O=C(c1cnc(C2CC2)nc1)N1CCCCC1c1ccn2nccc2n1. The van der Waals surface area contributed by atoms with Crippen molar-refractivity contribution in [3.8, 4) is 0 Å².